The number of epoxide rings is 2. The molecule has 8 aliphatic rings. The molecule has 0 aromatic rings. The normalized spacial score (nSPS) is 69.3. The molecular weight excluding hydrogens is 344 g/mol. The minimum atomic E-state index is 0.578. The van der Waals surface area contributed by atoms with E-state index in [2.05, 4.69) is 25.3 Å². The Labute approximate surface area is 169 Å². The summed E-state index contributed by atoms with van der Waals surface area (Å²) in [7, 11) is 0. The van der Waals surface area contributed by atoms with Crippen LogP contribution in [0.15, 0.2) is 25.3 Å². The Morgan fingerprint density at radius 3 is 1.89 bits per heavy atom. The monoisotopic (exact) mass is 378 g/mol. The summed E-state index contributed by atoms with van der Waals surface area (Å²) in [5.74, 6) is 10.6. The van der Waals surface area contributed by atoms with E-state index in [0.717, 1.165) is 71.0 Å². The fourth-order valence-corrected chi connectivity index (χ4v) is 10.8. The maximum atomic E-state index is 6.42. The number of hydrogen-bond donors (Lipinski definition) is 0. The summed E-state index contributed by atoms with van der Waals surface area (Å²) in [6.07, 6.45) is 15.5. The van der Waals surface area contributed by atoms with Gasteiger partial charge in [-0.25, -0.2) is 0 Å². The summed E-state index contributed by atoms with van der Waals surface area (Å²) >= 11 is 0. The maximum absolute atomic E-state index is 6.42. The van der Waals surface area contributed by atoms with Crippen molar-refractivity contribution in [2.24, 2.45) is 71.0 Å². The van der Waals surface area contributed by atoms with Gasteiger partial charge < -0.3 is 9.47 Å². The summed E-state index contributed by atoms with van der Waals surface area (Å²) in [5, 5.41) is 0. The molecule has 2 aliphatic heterocycles. The minimum absolute atomic E-state index is 0.578. The van der Waals surface area contributed by atoms with Gasteiger partial charge in [-0.2, -0.15) is 0 Å². The Balaban J connectivity index is 1.18. The lowest BCUT2D eigenvalue weighted by molar-refractivity contribution is -0.0182. The van der Waals surface area contributed by atoms with Crippen LogP contribution in [-0.2, 0) is 9.47 Å². The lowest BCUT2D eigenvalue weighted by Crippen LogP contribution is -2.51. The summed E-state index contributed by atoms with van der Waals surface area (Å²) in [6, 6.07) is 0. The number of allylic oxidation sites excluding steroid dienone is 2. The van der Waals surface area contributed by atoms with E-state index in [1.165, 1.54) is 38.5 Å². The fraction of sp³-hybridized carbons (Fsp3) is 0.846. The molecule has 2 heteroatoms. The largest absolute Gasteiger partial charge is 0.369 e. The van der Waals surface area contributed by atoms with Gasteiger partial charge in [0, 0.05) is 0 Å². The van der Waals surface area contributed by atoms with Crippen LogP contribution in [0.3, 0.4) is 0 Å². The molecule has 8 fully saturated rings. The highest BCUT2D eigenvalue weighted by atomic mass is 16.6. The first-order chi connectivity index (χ1) is 13.8. The molecule has 2 heterocycles. The van der Waals surface area contributed by atoms with Crippen molar-refractivity contribution >= 4 is 0 Å². The van der Waals surface area contributed by atoms with E-state index in [-0.39, 0.29) is 0 Å². The molecule has 0 amide bonds. The van der Waals surface area contributed by atoms with E-state index >= 15 is 0 Å². The van der Waals surface area contributed by atoms with Gasteiger partial charge in [-0.05, 0) is 110 Å². The van der Waals surface area contributed by atoms with E-state index in [0.29, 0.717) is 24.4 Å². The van der Waals surface area contributed by atoms with E-state index in [9.17, 15) is 0 Å². The lowest BCUT2D eigenvalue weighted by Gasteiger charge is -2.50. The van der Waals surface area contributed by atoms with Crippen LogP contribution in [0.25, 0.3) is 0 Å². The third kappa shape index (κ3) is 1.81. The molecule has 0 radical (unpaired) electrons. The van der Waals surface area contributed by atoms with Crippen LogP contribution in [-0.4, -0.2) is 24.4 Å². The highest BCUT2D eigenvalue weighted by Gasteiger charge is 2.72. The van der Waals surface area contributed by atoms with Crippen molar-refractivity contribution in [2.75, 3.05) is 0 Å². The van der Waals surface area contributed by atoms with Crippen molar-refractivity contribution in [1.29, 1.82) is 0 Å². The first kappa shape index (κ1) is 16.1. The summed E-state index contributed by atoms with van der Waals surface area (Å²) in [4.78, 5) is 0. The van der Waals surface area contributed by atoms with Gasteiger partial charge in [-0.3, -0.25) is 0 Å². The molecule has 0 spiro atoms. The van der Waals surface area contributed by atoms with Gasteiger partial charge in [0.25, 0.3) is 0 Å². The van der Waals surface area contributed by atoms with E-state index in [1.807, 2.05) is 0 Å². The zero-order valence-corrected chi connectivity index (χ0v) is 16.9. The fourth-order valence-electron chi connectivity index (χ4n) is 10.8. The molecule has 6 unspecified atom stereocenters. The number of rotatable bonds is 3. The third-order valence-electron chi connectivity index (χ3n) is 11.5. The first-order valence-electron chi connectivity index (χ1n) is 12.3. The predicted molar refractivity (Wildman–Crippen MR) is 107 cm³/mol. The molecule has 6 aliphatic carbocycles. The zero-order valence-electron chi connectivity index (χ0n) is 16.9. The van der Waals surface area contributed by atoms with Crippen molar-refractivity contribution in [1.82, 2.24) is 0 Å². The van der Waals surface area contributed by atoms with Gasteiger partial charge in [0.2, 0.25) is 0 Å². The van der Waals surface area contributed by atoms with Crippen molar-refractivity contribution < 1.29 is 9.47 Å². The third-order valence-corrected chi connectivity index (χ3v) is 11.5. The van der Waals surface area contributed by atoms with Crippen molar-refractivity contribution in [3.05, 3.63) is 25.3 Å². The first-order valence-corrected chi connectivity index (χ1v) is 12.3. The van der Waals surface area contributed by atoms with Gasteiger partial charge in [0.05, 0.1) is 24.4 Å². The van der Waals surface area contributed by atoms with Crippen LogP contribution in [0.5, 0.6) is 0 Å². The molecule has 0 N–H and O–H groups in total. The Bertz CT molecular complexity index is 745. The Hall–Kier alpha value is -0.600. The van der Waals surface area contributed by atoms with E-state index in [4.69, 9.17) is 9.47 Å². The van der Waals surface area contributed by atoms with Gasteiger partial charge >= 0.3 is 0 Å². The Morgan fingerprint density at radius 2 is 1.14 bits per heavy atom. The molecule has 16 atom stereocenters. The molecule has 0 aromatic heterocycles. The highest BCUT2D eigenvalue weighted by molar-refractivity contribution is 5.21. The highest BCUT2D eigenvalue weighted by Crippen LogP contribution is 2.72. The van der Waals surface area contributed by atoms with Crippen LogP contribution < -0.4 is 0 Å². The number of ether oxygens (including phenoxy) is 2. The molecule has 0 aromatic carbocycles. The maximum Gasteiger partial charge on any atom is 0.0876 e. The summed E-state index contributed by atoms with van der Waals surface area (Å²) < 4.78 is 12.8. The number of hydrogen-bond acceptors (Lipinski definition) is 2. The van der Waals surface area contributed by atoms with Crippen LogP contribution >= 0.6 is 0 Å². The molecule has 8 rings (SSSR count). The van der Waals surface area contributed by atoms with Crippen LogP contribution in [0.4, 0.5) is 0 Å². The standard InChI is InChI=1S/C26H34O2/c1-3-11-6-14-8-15(11)18-10-20-25(28-20)23(21(14)18)24-22-16-7-13(5-12(16)4-2)17(22)9-19-26(24)27-19/h3-4,11-26H,1-2,5-10H2/t11-,12-,13+,14+,15+,16+,17?,18?,19-,20-,21?,22?,23?,24?,25-,26-/m1/s1. The number of fused-ring (bicyclic) bond motifs is 12. The molecule has 4 bridgehead atoms. The Kier molecular flexibility index (Phi) is 2.98. The Morgan fingerprint density at radius 1 is 0.536 bits per heavy atom. The average molecular weight is 379 g/mol. The molecule has 150 valence electrons. The van der Waals surface area contributed by atoms with Crippen LogP contribution in [0, 0.1) is 71.0 Å². The molecule has 6 saturated carbocycles. The second-order valence-electron chi connectivity index (χ2n) is 12.0. The topological polar surface area (TPSA) is 25.1 Å². The molecule has 2 nitrogen and oxygen atoms in total. The summed E-state index contributed by atoms with van der Waals surface area (Å²) in [5.41, 5.74) is 0. The second-order valence-corrected chi connectivity index (χ2v) is 12.0. The van der Waals surface area contributed by atoms with Gasteiger partial charge in [0.15, 0.2) is 0 Å². The predicted octanol–water partition coefficient (Wildman–Crippen LogP) is 4.71. The van der Waals surface area contributed by atoms with Crippen LogP contribution in [0.1, 0.15) is 38.5 Å². The van der Waals surface area contributed by atoms with Crippen molar-refractivity contribution in [2.45, 2.75) is 62.9 Å². The lowest BCUT2D eigenvalue weighted by atomic mass is 9.53. The van der Waals surface area contributed by atoms with E-state index in [1.54, 1.807) is 0 Å². The van der Waals surface area contributed by atoms with E-state index < -0.39 is 0 Å². The molecule has 2 saturated heterocycles. The second kappa shape index (κ2) is 5.17. The zero-order chi connectivity index (χ0) is 18.3. The van der Waals surface area contributed by atoms with Crippen molar-refractivity contribution in [3.63, 3.8) is 0 Å². The van der Waals surface area contributed by atoms with Gasteiger partial charge in [-0.15, -0.1) is 13.2 Å². The minimum Gasteiger partial charge on any atom is -0.369 e. The summed E-state index contributed by atoms with van der Waals surface area (Å²) in [6.45, 7) is 8.41. The van der Waals surface area contributed by atoms with Crippen molar-refractivity contribution in [3.8, 4) is 0 Å². The quantitative estimate of drug-likeness (QED) is 0.525. The van der Waals surface area contributed by atoms with Gasteiger partial charge in [-0.1, -0.05) is 12.2 Å². The van der Waals surface area contributed by atoms with Crippen LogP contribution in [0.2, 0.25) is 0 Å². The smallest absolute Gasteiger partial charge is 0.0876 e. The SMILES string of the molecule is C=C[C@@H]1C[C@H]2C[C@@H]1C1C[C@H]3O[C@H]3C(C3C4C(C[C@H]5O[C@@H]35)[C@H]3C[C@@H](C=C)[C@@H]4C3)C12. The molecule has 28 heavy (non-hydrogen) atoms. The molecular formula is C26H34O2. The van der Waals surface area contributed by atoms with Gasteiger partial charge in [0.1, 0.15) is 0 Å². The average Bonchev–Trinajstić information content (AvgIpc) is 3.46.